The summed E-state index contributed by atoms with van der Waals surface area (Å²) in [7, 11) is 0. The highest BCUT2D eigenvalue weighted by atomic mass is 32.2. The van der Waals surface area contributed by atoms with Gasteiger partial charge in [0.1, 0.15) is 5.39 Å². The molecule has 0 aliphatic carbocycles. The van der Waals surface area contributed by atoms with Crippen LogP contribution in [0.2, 0.25) is 0 Å². The molecule has 0 unspecified atom stereocenters. The number of nitrogens with zero attached hydrogens (tertiary/aromatic N) is 3. The Balaban J connectivity index is 1.71. The predicted octanol–water partition coefficient (Wildman–Crippen LogP) is 1.46. The lowest BCUT2D eigenvalue weighted by molar-refractivity contribution is -0.113. The number of benzene rings is 1. The number of thioether (sulfide) groups is 1. The van der Waals surface area contributed by atoms with Crippen LogP contribution in [0.5, 0.6) is 0 Å². The van der Waals surface area contributed by atoms with Crippen LogP contribution in [0.3, 0.4) is 0 Å². The number of aromatic amines is 1. The third kappa shape index (κ3) is 4.12. The second-order valence-electron chi connectivity index (χ2n) is 5.91. The first-order valence-corrected chi connectivity index (χ1v) is 9.02. The second kappa shape index (κ2) is 7.71. The van der Waals surface area contributed by atoms with Crippen molar-refractivity contribution in [3.63, 3.8) is 0 Å². The van der Waals surface area contributed by atoms with Gasteiger partial charge in [-0.1, -0.05) is 17.8 Å². The number of aliphatic hydroxyl groups is 1. The molecule has 0 saturated heterocycles. The van der Waals surface area contributed by atoms with E-state index in [2.05, 4.69) is 20.4 Å². The number of fused-ring (bicyclic) bond motifs is 1. The third-order valence-electron chi connectivity index (χ3n) is 3.64. The summed E-state index contributed by atoms with van der Waals surface area (Å²) in [5.41, 5.74) is 2.95. The van der Waals surface area contributed by atoms with Crippen LogP contribution in [0.1, 0.15) is 11.1 Å². The van der Waals surface area contributed by atoms with Crippen LogP contribution in [-0.2, 0) is 11.3 Å². The first kappa shape index (κ1) is 18.2. The minimum Gasteiger partial charge on any atom is -0.394 e. The molecule has 1 aromatic carbocycles. The van der Waals surface area contributed by atoms with Crippen LogP contribution in [0.4, 0.5) is 5.69 Å². The summed E-state index contributed by atoms with van der Waals surface area (Å²) in [5, 5.41) is 16.6. The minimum atomic E-state index is -0.323. The predicted molar refractivity (Wildman–Crippen MR) is 101 cm³/mol. The average Bonchev–Trinajstić information content (AvgIpc) is 2.96. The van der Waals surface area contributed by atoms with Crippen molar-refractivity contribution in [3.8, 4) is 0 Å². The Bertz CT molecular complexity index is 991. The Labute approximate surface area is 153 Å². The fraction of sp³-hybridized carbons (Fsp3) is 0.294. The van der Waals surface area contributed by atoms with Gasteiger partial charge in [-0.05, 0) is 37.1 Å². The first-order valence-electron chi connectivity index (χ1n) is 8.04. The Hall–Kier alpha value is -2.65. The van der Waals surface area contributed by atoms with E-state index >= 15 is 0 Å². The number of aryl methyl sites for hydroxylation is 2. The van der Waals surface area contributed by atoms with E-state index in [1.807, 2.05) is 32.0 Å². The maximum atomic E-state index is 12.2. The van der Waals surface area contributed by atoms with Gasteiger partial charge in [0.2, 0.25) is 5.91 Å². The molecular formula is C17H19N5O3S. The molecular weight excluding hydrogens is 354 g/mol. The van der Waals surface area contributed by atoms with E-state index in [9.17, 15) is 9.59 Å². The van der Waals surface area contributed by atoms with Crippen LogP contribution in [-0.4, -0.2) is 43.1 Å². The highest BCUT2D eigenvalue weighted by molar-refractivity contribution is 7.99. The molecule has 0 saturated carbocycles. The van der Waals surface area contributed by atoms with Gasteiger partial charge in [0.15, 0.2) is 10.8 Å². The van der Waals surface area contributed by atoms with E-state index in [0.29, 0.717) is 16.2 Å². The molecule has 136 valence electrons. The van der Waals surface area contributed by atoms with Gasteiger partial charge in [-0.15, -0.1) is 0 Å². The van der Waals surface area contributed by atoms with Gasteiger partial charge in [-0.25, -0.2) is 9.67 Å². The van der Waals surface area contributed by atoms with Gasteiger partial charge >= 0.3 is 0 Å². The number of hydrogen-bond acceptors (Lipinski definition) is 6. The van der Waals surface area contributed by atoms with E-state index in [1.54, 1.807) is 0 Å². The Morgan fingerprint density at radius 1 is 1.31 bits per heavy atom. The lowest BCUT2D eigenvalue weighted by Gasteiger charge is -2.07. The molecule has 3 N–H and O–H groups in total. The number of anilines is 1. The number of hydrogen-bond donors (Lipinski definition) is 3. The molecule has 0 aliphatic rings. The van der Waals surface area contributed by atoms with Gasteiger partial charge in [0.05, 0.1) is 25.1 Å². The summed E-state index contributed by atoms with van der Waals surface area (Å²) in [5.74, 6) is -0.0816. The molecule has 0 radical (unpaired) electrons. The van der Waals surface area contributed by atoms with Crippen LogP contribution in [0.15, 0.2) is 34.3 Å². The van der Waals surface area contributed by atoms with Crippen LogP contribution >= 0.6 is 11.8 Å². The normalized spacial score (nSPS) is 11.0. The summed E-state index contributed by atoms with van der Waals surface area (Å²) in [6.07, 6.45) is 1.41. The zero-order valence-corrected chi connectivity index (χ0v) is 15.3. The van der Waals surface area contributed by atoms with Crippen molar-refractivity contribution >= 4 is 34.4 Å². The summed E-state index contributed by atoms with van der Waals surface area (Å²) in [6.45, 7) is 4.08. The fourth-order valence-electron chi connectivity index (χ4n) is 2.65. The molecule has 2 aromatic heterocycles. The van der Waals surface area contributed by atoms with E-state index in [-0.39, 0.29) is 30.4 Å². The van der Waals surface area contributed by atoms with Gasteiger partial charge in [-0.3, -0.25) is 9.59 Å². The van der Waals surface area contributed by atoms with Crippen molar-refractivity contribution in [2.24, 2.45) is 0 Å². The molecule has 8 nitrogen and oxygen atoms in total. The molecule has 1 amide bonds. The molecule has 0 fully saturated rings. The van der Waals surface area contributed by atoms with E-state index in [0.717, 1.165) is 28.6 Å². The molecule has 0 atom stereocenters. The number of H-pyrrole nitrogens is 1. The Kier molecular flexibility index (Phi) is 5.38. The molecule has 9 heteroatoms. The number of carbonyl (C=O) groups is 1. The van der Waals surface area contributed by atoms with Crippen LogP contribution in [0.25, 0.3) is 11.0 Å². The summed E-state index contributed by atoms with van der Waals surface area (Å²) < 4.78 is 1.46. The lowest BCUT2D eigenvalue weighted by atomic mass is 10.1. The van der Waals surface area contributed by atoms with Crippen LogP contribution < -0.4 is 10.9 Å². The number of aliphatic hydroxyl groups excluding tert-OH is 1. The van der Waals surface area contributed by atoms with Gasteiger partial charge in [0, 0.05) is 5.69 Å². The smallest absolute Gasteiger partial charge is 0.262 e. The highest BCUT2D eigenvalue weighted by Crippen LogP contribution is 2.17. The summed E-state index contributed by atoms with van der Waals surface area (Å²) in [4.78, 5) is 31.3. The van der Waals surface area contributed by atoms with Crippen molar-refractivity contribution in [1.82, 2.24) is 19.7 Å². The molecule has 2 heterocycles. The molecule has 0 spiro atoms. The maximum absolute atomic E-state index is 12.2. The quantitative estimate of drug-likeness (QED) is 0.445. The topological polar surface area (TPSA) is 113 Å². The number of aromatic nitrogens is 4. The van der Waals surface area contributed by atoms with Crippen molar-refractivity contribution in [1.29, 1.82) is 0 Å². The Morgan fingerprint density at radius 3 is 2.73 bits per heavy atom. The maximum Gasteiger partial charge on any atom is 0.262 e. The second-order valence-corrected chi connectivity index (χ2v) is 6.88. The number of nitrogens with one attached hydrogen (secondary N) is 2. The zero-order chi connectivity index (χ0) is 18.7. The van der Waals surface area contributed by atoms with Gasteiger partial charge in [-0.2, -0.15) is 5.10 Å². The zero-order valence-electron chi connectivity index (χ0n) is 14.4. The first-order chi connectivity index (χ1) is 12.5. The SMILES string of the molecule is Cc1cc(C)cc(NC(=O)CSc2nc3c(cnn3CCO)c(=O)[nH]2)c1. The van der Waals surface area contributed by atoms with E-state index < -0.39 is 0 Å². The minimum absolute atomic E-state index is 0.105. The third-order valence-corrected chi connectivity index (χ3v) is 4.51. The van der Waals surface area contributed by atoms with Crippen molar-refractivity contribution in [2.75, 3.05) is 17.7 Å². The monoisotopic (exact) mass is 373 g/mol. The summed E-state index contributed by atoms with van der Waals surface area (Å²) in [6, 6.07) is 5.83. The Morgan fingerprint density at radius 2 is 2.04 bits per heavy atom. The van der Waals surface area contributed by atoms with E-state index in [4.69, 9.17) is 5.11 Å². The number of rotatable bonds is 6. The van der Waals surface area contributed by atoms with Crippen molar-refractivity contribution in [2.45, 2.75) is 25.5 Å². The molecule has 0 bridgehead atoms. The average molecular weight is 373 g/mol. The largest absolute Gasteiger partial charge is 0.394 e. The number of amides is 1. The summed E-state index contributed by atoms with van der Waals surface area (Å²) >= 11 is 1.13. The van der Waals surface area contributed by atoms with Crippen molar-refractivity contribution in [3.05, 3.63) is 45.9 Å². The van der Waals surface area contributed by atoms with Gasteiger partial charge < -0.3 is 15.4 Å². The van der Waals surface area contributed by atoms with Gasteiger partial charge in [0.25, 0.3) is 5.56 Å². The number of carbonyl (C=O) groups excluding carboxylic acids is 1. The molecule has 3 aromatic rings. The highest BCUT2D eigenvalue weighted by Gasteiger charge is 2.12. The molecule has 3 rings (SSSR count). The lowest BCUT2D eigenvalue weighted by Crippen LogP contribution is -2.16. The standard InChI is InChI=1S/C17H19N5O3S/c1-10-5-11(2)7-12(6-10)19-14(24)9-26-17-20-15-13(16(25)21-17)8-18-22(15)3-4-23/h5-8,23H,3-4,9H2,1-2H3,(H,19,24)(H,20,21,25). The fourth-order valence-corrected chi connectivity index (χ4v) is 3.31. The van der Waals surface area contributed by atoms with Crippen LogP contribution in [0, 0.1) is 13.8 Å². The molecule has 26 heavy (non-hydrogen) atoms. The van der Waals surface area contributed by atoms with Crippen molar-refractivity contribution < 1.29 is 9.90 Å². The van der Waals surface area contributed by atoms with E-state index in [1.165, 1.54) is 10.9 Å². The molecule has 0 aliphatic heterocycles.